The molecule has 0 aliphatic carbocycles. The number of aromatic nitrogens is 2. The highest BCUT2D eigenvalue weighted by Gasteiger charge is 2.71. The maximum atomic E-state index is 6.40. The summed E-state index contributed by atoms with van der Waals surface area (Å²) >= 11 is 0. The first kappa shape index (κ1) is 24.7. The van der Waals surface area contributed by atoms with Gasteiger partial charge < -0.3 is 0 Å². The van der Waals surface area contributed by atoms with Gasteiger partial charge in [0.1, 0.15) is 24.8 Å². The predicted molar refractivity (Wildman–Crippen MR) is 144 cm³/mol. The molecule has 12 heteroatoms. The van der Waals surface area contributed by atoms with E-state index < -0.39 is 18.0 Å². The third-order valence-corrected chi connectivity index (χ3v) is 7.40. The zero-order valence-electron chi connectivity index (χ0n) is 19.8. The first-order valence-corrected chi connectivity index (χ1v) is 11.3. The molecule has 11 radical (unpaired) electrons. The third-order valence-electron chi connectivity index (χ3n) is 7.40. The summed E-state index contributed by atoms with van der Waals surface area (Å²) in [4.78, 5) is 0. The molecule has 3 rings (SSSR count). The standard InChI is InChI=1S/C19H26B10N2/c1-12(2)14-8-7-9-15(13(3)4)16(14)31-11-10-30(6)18(31)17-19(26(17)5,27(21)22)28(25-20)29(23)24/h7-13,17H,1-6H3/q+1. The summed E-state index contributed by atoms with van der Waals surface area (Å²) in [6.45, 7) is 10.4. The van der Waals surface area contributed by atoms with E-state index in [1.54, 1.807) is 7.06 Å². The van der Waals surface area contributed by atoms with Crippen LogP contribution >= 0.6 is 0 Å². The van der Waals surface area contributed by atoms with Gasteiger partial charge in [-0.25, -0.2) is 4.57 Å². The third kappa shape index (κ3) is 3.89. The fourth-order valence-electron chi connectivity index (χ4n) is 5.77. The molecule has 1 fully saturated rings. The summed E-state index contributed by atoms with van der Waals surface area (Å²) in [5, 5.41) is -0.498. The molecule has 0 spiro atoms. The first-order chi connectivity index (χ1) is 14.5. The zero-order chi connectivity index (χ0) is 23.2. The summed E-state index contributed by atoms with van der Waals surface area (Å²) in [6, 6.07) is 6.60. The molecule has 141 valence electrons. The van der Waals surface area contributed by atoms with Crippen molar-refractivity contribution in [2.75, 3.05) is 0 Å². The van der Waals surface area contributed by atoms with Crippen LogP contribution in [0.25, 0.3) is 5.69 Å². The van der Waals surface area contributed by atoms with Gasteiger partial charge in [0.15, 0.2) is 0 Å². The van der Waals surface area contributed by atoms with Crippen molar-refractivity contribution in [2.24, 2.45) is 7.05 Å². The van der Waals surface area contributed by atoms with Gasteiger partial charge >= 0.3 is 0 Å². The highest BCUT2D eigenvalue weighted by molar-refractivity contribution is 7.76. The van der Waals surface area contributed by atoms with Crippen molar-refractivity contribution in [3.05, 3.63) is 47.5 Å². The molecule has 2 unspecified atom stereocenters. The largest absolute Gasteiger partial charge is 0.255 e. The molecule has 0 bridgehead atoms. The number of para-hydroxylation sites is 1. The summed E-state index contributed by atoms with van der Waals surface area (Å²) in [5.74, 6) is 1.99. The van der Waals surface area contributed by atoms with E-state index in [1.165, 1.54) is 16.8 Å². The Morgan fingerprint density at radius 3 is 2.06 bits per heavy atom. The van der Waals surface area contributed by atoms with Crippen molar-refractivity contribution in [1.82, 2.24) is 4.57 Å². The minimum Gasteiger partial charge on any atom is -0.237 e. The van der Waals surface area contributed by atoms with Crippen LogP contribution in [-0.4, -0.2) is 76.4 Å². The summed E-state index contributed by atoms with van der Waals surface area (Å²) < 4.78 is 4.49. The van der Waals surface area contributed by atoms with Crippen LogP contribution in [0, 0.1) is 0 Å². The molecule has 1 saturated heterocycles. The molecule has 0 amide bonds. The maximum absolute atomic E-state index is 6.40. The average Bonchev–Trinajstić information content (AvgIpc) is 3.10. The quantitative estimate of drug-likeness (QED) is 0.462. The fourth-order valence-corrected chi connectivity index (χ4v) is 5.77. The smallest absolute Gasteiger partial charge is 0.237 e. The van der Waals surface area contributed by atoms with Gasteiger partial charge in [-0.05, 0) is 11.8 Å². The van der Waals surface area contributed by atoms with Crippen LogP contribution in [0.3, 0.4) is 0 Å². The average molecular weight is 391 g/mol. The van der Waals surface area contributed by atoms with E-state index in [4.69, 9.17) is 38.7 Å². The van der Waals surface area contributed by atoms with Gasteiger partial charge in [-0.15, -0.1) is 5.11 Å². The van der Waals surface area contributed by atoms with Crippen molar-refractivity contribution in [3.8, 4) is 5.69 Å². The van der Waals surface area contributed by atoms with Gasteiger partial charge in [0.2, 0.25) is 0 Å². The fraction of sp³-hybridized carbons (Fsp3) is 0.526. The number of aryl methyl sites for hydroxylation is 1. The highest BCUT2D eigenvalue weighted by Crippen LogP contribution is 2.65. The molecule has 0 N–H and O–H groups in total. The number of rotatable bonds is 8. The van der Waals surface area contributed by atoms with Crippen molar-refractivity contribution in [1.29, 1.82) is 0 Å². The molecule has 1 aliphatic rings. The van der Waals surface area contributed by atoms with E-state index in [1.807, 2.05) is 0 Å². The van der Waals surface area contributed by atoms with Crippen molar-refractivity contribution in [2.45, 2.75) is 57.3 Å². The summed E-state index contributed by atoms with van der Waals surface area (Å²) in [5.41, 5.74) is 3.88. The highest BCUT2D eigenvalue weighted by atomic mass is 15.2. The van der Waals surface area contributed by atoms with Crippen LogP contribution in [0.1, 0.15) is 62.3 Å². The Labute approximate surface area is 198 Å². The van der Waals surface area contributed by atoms with E-state index in [0.29, 0.717) is 11.8 Å². The van der Waals surface area contributed by atoms with Crippen molar-refractivity contribution >= 4 is 71.8 Å². The maximum Gasteiger partial charge on any atom is 0.255 e. The van der Waals surface area contributed by atoms with Gasteiger partial charge in [-0.1, -0.05) is 52.7 Å². The second-order valence-corrected chi connectivity index (χ2v) is 9.82. The van der Waals surface area contributed by atoms with Crippen LogP contribution in [0.2, 0.25) is 11.9 Å². The molecule has 2 aromatic rings. The van der Waals surface area contributed by atoms with Gasteiger partial charge in [-0.2, -0.15) is 4.57 Å². The molecular weight excluding hydrogens is 364 g/mol. The second kappa shape index (κ2) is 9.14. The van der Waals surface area contributed by atoms with Gasteiger partial charge in [0.05, 0.1) is 7.05 Å². The molecule has 2 atom stereocenters. The van der Waals surface area contributed by atoms with Crippen LogP contribution in [0.15, 0.2) is 30.6 Å². The van der Waals surface area contributed by atoms with E-state index >= 15 is 0 Å². The Morgan fingerprint density at radius 2 is 1.65 bits per heavy atom. The number of hydrogen-bond donors (Lipinski definition) is 0. The monoisotopic (exact) mass is 392 g/mol. The van der Waals surface area contributed by atoms with Gasteiger partial charge in [0, 0.05) is 82.1 Å². The minimum atomic E-state index is -0.630. The second-order valence-electron chi connectivity index (χ2n) is 9.82. The molecule has 1 aromatic heterocycles. The molecule has 1 aliphatic heterocycles. The normalized spacial score (nSPS) is 20.3. The Morgan fingerprint density at radius 1 is 1.10 bits per heavy atom. The SMILES string of the molecule is [B][B]B(B([B])[B])C1(B([B])[B])B(C)C1c1n(-c2c(C(C)C)cccc2C(C)C)cc[n+]1C. The minimum absolute atomic E-state index is 0.0760. The van der Waals surface area contributed by atoms with E-state index in [9.17, 15) is 0 Å². The predicted octanol–water partition coefficient (Wildman–Crippen LogP) is 0.636. The number of imidazole rings is 1. The van der Waals surface area contributed by atoms with Gasteiger partial charge in [-0.3, -0.25) is 0 Å². The summed E-state index contributed by atoms with van der Waals surface area (Å²) in [6.07, 6.45) is 3.61. The molecule has 0 saturated carbocycles. The molecule has 1 aromatic carbocycles. The van der Waals surface area contributed by atoms with Gasteiger partial charge in [0.25, 0.3) is 5.82 Å². The molecule has 31 heavy (non-hydrogen) atoms. The van der Waals surface area contributed by atoms with Crippen LogP contribution in [0.5, 0.6) is 0 Å². The van der Waals surface area contributed by atoms with Crippen LogP contribution in [0.4, 0.5) is 0 Å². The zero-order valence-corrected chi connectivity index (χ0v) is 19.8. The molecule has 2 nitrogen and oxygen atoms in total. The topological polar surface area (TPSA) is 8.81 Å². The Hall–Kier alpha value is -0.921. The lowest BCUT2D eigenvalue weighted by atomic mass is 8.73. The number of hydrogen-bond acceptors (Lipinski definition) is 0. The van der Waals surface area contributed by atoms with E-state index in [-0.39, 0.29) is 19.0 Å². The summed E-state index contributed by atoms with van der Waals surface area (Å²) in [7, 11) is 34.8. The van der Waals surface area contributed by atoms with Crippen molar-refractivity contribution in [3.63, 3.8) is 0 Å². The van der Waals surface area contributed by atoms with E-state index in [2.05, 4.69) is 81.3 Å². The molecular formula is C19H26B10N2+. The van der Waals surface area contributed by atoms with Crippen LogP contribution < -0.4 is 4.57 Å². The van der Waals surface area contributed by atoms with Crippen LogP contribution in [-0.2, 0) is 7.05 Å². The lowest BCUT2D eigenvalue weighted by Crippen LogP contribution is -2.55. The Balaban J connectivity index is 2.25. The van der Waals surface area contributed by atoms with Crippen molar-refractivity contribution < 1.29 is 4.57 Å². The number of benzene rings is 1. The number of nitrogens with zero attached hydrogens (tertiary/aromatic N) is 2. The Bertz CT molecular complexity index is 902. The van der Waals surface area contributed by atoms with E-state index in [0.717, 1.165) is 5.82 Å². The lowest BCUT2D eigenvalue weighted by molar-refractivity contribution is -0.678. The molecule has 2 heterocycles. The Kier molecular flexibility index (Phi) is 7.29. The lowest BCUT2D eigenvalue weighted by Gasteiger charge is -2.33. The first-order valence-electron chi connectivity index (χ1n) is 11.3.